The summed E-state index contributed by atoms with van der Waals surface area (Å²) in [6, 6.07) is 0. The van der Waals surface area contributed by atoms with Crippen molar-refractivity contribution in [3.63, 3.8) is 0 Å². The third-order valence-electron chi connectivity index (χ3n) is 2.49. The Balaban J connectivity index is 4.58. The van der Waals surface area contributed by atoms with Crippen LogP contribution in [0.25, 0.3) is 0 Å². The fourth-order valence-corrected chi connectivity index (χ4v) is 1.02. The van der Waals surface area contributed by atoms with E-state index >= 15 is 0 Å². The standard InChI is InChI=1S/C11H20O5/c1-5-7(4)11(15)16-9(10(13)14)8(12)6(2)3/h6-9,12H,5H2,1-4H3,(H,13,14). The number of ether oxygens (including phenoxy) is 1. The highest BCUT2D eigenvalue weighted by atomic mass is 16.6. The van der Waals surface area contributed by atoms with E-state index in [0.717, 1.165) is 0 Å². The van der Waals surface area contributed by atoms with Gasteiger partial charge in [0.25, 0.3) is 0 Å². The predicted molar refractivity (Wildman–Crippen MR) is 57.8 cm³/mol. The molecule has 0 aliphatic heterocycles. The highest BCUT2D eigenvalue weighted by molar-refractivity contribution is 5.79. The lowest BCUT2D eigenvalue weighted by Crippen LogP contribution is -2.42. The van der Waals surface area contributed by atoms with Crippen molar-refractivity contribution in [2.45, 2.75) is 46.3 Å². The largest absolute Gasteiger partial charge is 0.478 e. The van der Waals surface area contributed by atoms with E-state index < -0.39 is 24.1 Å². The van der Waals surface area contributed by atoms with Crippen molar-refractivity contribution in [2.24, 2.45) is 11.8 Å². The normalized spacial score (nSPS) is 16.6. The number of esters is 1. The number of hydrogen-bond donors (Lipinski definition) is 2. The molecular formula is C11H20O5. The SMILES string of the molecule is CCC(C)C(=O)OC(C(=O)O)C(O)C(C)C. The summed E-state index contributed by atoms with van der Waals surface area (Å²) in [6.45, 7) is 6.79. The third kappa shape index (κ3) is 4.18. The predicted octanol–water partition coefficient (Wildman–Crippen LogP) is 1.05. The van der Waals surface area contributed by atoms with Gasteiger partial charge in [0.15, 0.2) is 0 Å². The van der Waals surface area contributed by atoms with Gasteiger partial charge >= 0.3 is 11.9 Å². The van der Waals surface area contributed by atoms with E-state index in [0.29, 0.717) is 6.42 Å². The van der Waals surface area contributed by atoms with E-state index in [1.165, 1.54) is 0 Å². The minimum atomic E-state index is -1.48. The van der Waals surface area contributed by atoms with E-state index in [4.69, 9.17) is 9.84 Å². The number of hydrogen-bond acceptors (Lipinski definition) is 4. The smallest absolute Gasteiger partial charge is 0.347 e. The van der Waals surface area contributed by atoms with Crippen molar-refractivity contribution in [3.05, 3.63) is 0 Å². The molecule has 0 radical (unpaired) electrons. The van der Waals surface area contributed by atoms with Crippen molar-refractivity contribution in [1.82, 2.24) is 0 Å². The van der Waals surface area contributed by atoms with E-state index in [1.807, 2.05) is 0 Å². The average Bonchev–Trinajstić information content (AvgIpc) is 2.22. The number of aliphatic hydroxyl groups excluding tert-OH is 1. The molecule has 0 amide bonds. The summed E-state index contributed by atoms with van der Waals surface area (Å²) in [5.74, 6) is -2.56. The maximum absolute atomic E-state index is 11.4. The van der Waals surface area contributed by atoms with Crippen LogP contribution in [0.3, 0.4) is 0 Å². The van der Waals surface area contributed by atoms with Gasteiger partial charge in [-0.2, -0.15) is 0 Å². The molecule has 0 saturated heterocycles. The lowest BCUT2D eigenvalue weighted by Gasteiger charge is -2.23. The highest BCUT2D eigenvalue weighted by Gasteiger charge is 2.33. The van der Waals surface area contributed by atoms with Crippen LogP contribution in [0, 0.1) is 11.8 Å². The number of aliphatic hydroxyl groups is 1. The van der Waals surface area contributed by atoms with E-state index in [2.05, 4.69) is 0 Å². The minimum absolute atomic E-state index is 0.286. The second kappa shape index (κ2) is 6.48. The molecular weight excluding hydrogens is 212 g/mol. The van der Waals surface area contributed by atoms with Gasteiger partial charge in [0.2, 0.25) is 6.10 Å². The Morgan fingerprint density at radius 1 is 1.25 bits per heavy atom. The molecule has 0 bridgehead atoms. The molecule has 3 unspecified atom stereocenters. The number of carbonyl (C=O) groups is 2. The van der Waals surface area contributed by atoms with Gasteiger partial charge in [0.1, 0.15) is 6.10 Å². The number of carbonyl (C=O) groups excluding carboxylic acids is 1. The first kappa shape index (κ1) is 14.9. The summed E-state index contributed by atoms with van der Waals surface area (Å²) < 4.78 is 4.80. The highest BCUT2D eigenvalue weighted by Crippen LogP contribution is 2.13. The Kier molecular flexibility index (Phi) is 6.03. The lowest BCUT2D eigenvalue weighted by molar-refractivity contribution is -0.176. The second-order valence-electron chi connectivity index (χ2n) is 4.24. The van der Waals surface area contributed by atoms with Crippen molar-refractivity contribution in [2.75, 3.05) is 0 Å². The van der Waals surface area contributed by atoms with Crippen LogP contribution >= 0.6 is 0 Å². The molecule has 16 heavy (non-hydrogen) atoms. The molecule has 0 aliphatic rings. The van der Waals surface area contributed by atoms with Crippen molar-refractivity contribution in [3.8, 4) is 0 Å². The molecule has 2 N–H and O–H groups in total. The molecule has 0 heterocycles. The minimum Gasteiger partial charge on any atom is -0.478 e. The van der Waals surface area contributed by atoms with Crippen LogP contribution in [0.4, 0.5) is 0 Å². The zero-order chi connectivity index (χ0) is 12.9. The summed E-state index contributed by atoms with van der Waals surface area (Å²) in [5.41, 5.74) is 0. The molecule has 0 rings (SSSR count). The summed E-state index contributed by atoms with van der Waals surface area (Å²) in [4.78, 5) is 22.3. The van der Waals surface area contributed by atoms with Crippen molar-refractivity contribution >= 4 is 11.9 Å². The Morgan fingerprint density at radius 3 is 2.06 bits per heavy atom. The first-order valence-electron chi connectivity index (χ1n) is 5.42. The van der Waals surface area contributed by atoms with Gasteiger partial charge < -0.3 is 14.9 Å². The van der Waals surface area contributed by atoms with Crippen LogP contribution in [-0.4, -0.2) is 34.4 Å². The third-order valence-corrected chi connectivity index (χ3v) is 2.49. The van der Waals surface area contributed by atoms with Gasteiger partial charge in [-0.1, -0.05) is 27.7 Å². The molecule has 0 saturated carbocycles. The van der Waals surface area contributed by atoms with Crippen LogP contribution in [0.2, 0.25) is 0 Å². The summed E-state index contributed by atoms with van der Waals surface area (Å²) in [7, 11) is 0. The molecule has 0 aromatic carbocycles. The van der Waals surface area contributed by atoms with Gasteiger partial charge in [-0.25, -0.2) is 4.79 Å². The lowest BCUT2D eigenvalue weighted by atomic mass is 10.0. The Morgan fingerprint density at radius 2 is 1.75 bits per heavy atom. The summed E-state index contributed by atoms with van der Waals surface area (Å²) in [5, 5.41) is 18.5. The van der Waals surface area contributed by atoms with Crippen LogP contribution in [0.1, 0.15) is 34.1 Å². The molecule has 94 valence electrons. The first-order chi connectivity index (χ1) is 7.31. The number of carboxylic acid groups (broad SMARTS) is 1. The number of carboxylic acids is 1. The molecule has 0 spiro atoms. The molecule has 3 atom stereocenters. The molecule has 0 aromatic rings. The molecule has 0 aliphatic carbocycles. The Hall–Kier alpha value is -1.10. The quantitative estimate of drug-likeness (QED) is 0.669. The van der Waals surface area contributed by atoms with Crippen LogP contribution < -0.4 is 0 Å². The maximum Gasteiger partial charge on any atom is 0.347 e. The summed E-state index contributed by atoms with van der Waals surface area (Å²) >= 11 is 0. The Bertz CT molecular complexity index is 249. The monoisotopic (exact) mass is 232 g/mol. The zero-order valence-corrected chi connectivity index (χ0v) is 10.1. The maximum atomic E-state index is 11.4. The number of rotatable bonds is 6. The van der Waals surface area contributed by atoms with Crippen LogP contribution in [-0.2, 0) is 14.3 Å². The van der Waals surface area contributed by atoms with E-state index in [-0.39, 0.29) is 11.8 Å². The topological polar surface area (TPSA) is 83.8 Å². The number of aliphatic carboxylic acids is 1. The zero-order valence-electron chi connectivity index (χ0n) is 10.1. The fourth-order valence-electron chi connectivity index (χ4n) is 1.02. The van der Waals surface area contributed by atoms with E-state index in [9.17, 15) is 14.7 Å². The van der Waals surface area contributed by atoms with Gasteiger partial charge in [-0.3, -0.25) is 4.79 Å². The first-order valence-corrected chi connectivity index (χ1v) is 5.42. The second-order valence-corrected chi connectivity index (χ2v) is 4.24. The van der Waals surface area contributed by atoms with Gasteiger partial charge in [-0.05, 0) is 12.3 Å². The van der Waals surface area contributed by atoms with Crippen LogP contribution in [0.15, 0.2) is 0 Å². The average molecular weight is 232 g/mol. The Labute approximate surface area is 95.4 Å². The van der Waals surface area contributed by atoms with Crippen molar-refractivity contribution < 1.29 is 24.5 Å². The van der Waals surface area contributed by atoms with Crippen LogP contribution in [0.5, 0.6) is 0 Å². The summed E-state index contributed by atoms with van der Waals surface area (Å²) in [6.07, 6.45) is -2.10. The van der Waals surface area contributed by atoms with Gasteiger partial charge in [0, 0.05) is 0 Å². The molecule has 0 fully saturated rings. The fraction of sp³-hybridized carbons (Fsp3) is 0.818. The van der Waals surface area contributed by atoms with E-state index in [1.54, 1.807) is 27.7 Å². The molecule has 5 nitrogen and oxygen atoms in total. The molecule has 0 aromatic heterocycles. The molecule has 5 heteroatoms. The van der Waals surface area contributed by atoms with Gasteiger partial charge in [-0.15, -0.1) is 0 Å². The van der Waals surface area contributed by atoms with Crippen molar-refractivity contribution in [1.29, 1.82) is 0 Å². The van der Waals surface area contributed by atoms with Gasteiger partial charge in [0.05, 0.1) is 5.92 Å².